The van der Waals surface area contributed by atoms with Gasteiger partial charge in [-0.25, -0.2) is 0 Å². The van der Waals surface area contributed by atoms with Gasteiger partial charge in [-0.05, 0) is 53.6 Å². The first-order valence-corrected chi connectivity index (χ1v) is 6.37. The first-order chi connectivity index (χ1) is 7.56. The van der Waals surface area contributed by atoms with Gasteiger partial charge in [-0.2, -0.15) is 0 Å². The van der Waals surface area contributed by atoms with Gasteiger partial charge in [-0.3, -0.25) is 4.79 Å². The molecular weight excluding hydrogens is 351 g/mol. The highest BCUT2D eigenvalue weighted by Crippen LogP contribution is 2.16. The molecule has 3 nitrogen and oxygen atoms in total. The fraction of sp³-hybridized carbons (Fsp3) is 0.417. The lowest BCUT2D eigenvalue weighted by molar-refractivity contribution is 0.0947. The van der Waals surface area contributed by atoms with Gasteiger partial charge in [0.2, 0.25) is 0 Å². The van der Waals surface area contributed by atoms with Crippen molar-refractivity contribution in [2.24, 2.45) is 11.7 Å². The van der Waals surface area contributed by atoms with Crippen molar-refractivity contribution < 1.29 is 4.79 Å². The van der Waals surface area contributed by atoms with Gasteiger partial charge >= 0.3 is 0 Å². The van der Waals surface area contributed by atoms with Gasteiger partial charge in [0.05, 0.1) is 5.56 Å². The van der Waals surface area contributed by atoms with Crippen LogP contribution >= 0.6 is 35.0 Å². The van der Waals surface area contributed by atoms with Crippen LogP contribution in [0.5, 0.6) is 0 Å². The molecule has 5 heteroatoms. The molecule has 0 aliphatic heterocycles. The van der Waals surface area contributed by atoms with Crippen molar-refractivity contribution in [1.82, 2.24) is 5.32 Å². The number of benzene rings is 1. The highest BCUT2D eigenvalue weighted by Gasteiger charge is 2.11. The Kier molecular flexibility index (Phi) is 7.74. The second-order valence-corrected chi connectivity index (χ2v) is 5.07. The molecular formula is C12H18ClIN2O. The van der Waals surface area contributed by atoms with Crippen molar-refractivity contribution in [3.8, 4) is 0 Å². The molecule has 1 aromatic carbocycles. The van der Waals surface area contributed by atoms with Gasteiger partial charge in [-0.1, -0.05) is 19.1 Å². The van der Waals surface area contributed by atoms with Gasteiger partial charge < -0.3 is 11.1 Å². The summed E-state index contributed by atoms with van der Waals surface area (Å²) in [5, 5.41) is 2.89. The van der Waals surface area contributed by atoms with E-state index in [4.69, 9.17) is 5.73 Å². The predicted octanol–water partition coefficient (Wildman–Crippen LogP) is 2.35. The summed E-state index contributed by atoms with van der Waals surface area (Å²) >= 11 is 2.20. The molecule has 0 heterocycles. The van der Waals surface area contributed by atoms with Crippen LogP contribution in [0.3, 0.4) is 0 Å². The number of halogens is 2. The number of hydrogen-bond acceptors (Lipinski definition) is 2. The number of aryl methyl sites for hydroxylation is 1. The zero-order valence-electron chi connectivity index (χ0n) is 10.00. The Morgan fingerprint density at radius 3 is 2.76 bits per heavy atom. The standard InChI is InChI=1S/C12H17IN2O.ClH/c1-8(6-14)7-15-12(16)10-5-3-4-9(2)11(10)13;/h3-5,8H,6-7,14H2,1-2H3,(H,15,16);1H. The van der Waals surface area contributed by atoms with Gasteiger partial charge in [0, 0.05) is 10.1 Å². The second kappa shape index (κ2) is 7.89. The molecule has 17 heavy (non-hydrogen) atoms. The SMILES string of the molecule is Cc1cccc(C(=O)NCC(C)CN)c1I.Cl. The minimum Gasteiger partial charge on any atom is -0.352 e. The molecule has 0 fully saturated rings. The molecule has 1 unspecified atom stereocenters. The molecule has 1 aromatic rings. The van der Waals surface area contributed by atoms with Crippen molar-refractivity contribution in [2.75, 3.05) is 13.1 Å². The fourth-order valence-corrected chi connectivity index (χ4v) is 1.87. The molecule has 96 valence electrons. The molecule has 0 saturated carbocycles. The lowest BCUT2D eigenvalue weighted by atomic mass is 10.1. The van der Waals surface area contributed by atoms with E-state index in [0.717, 1.165) is 14.7 Å². The topological polar surface area (TPSA) is 55.1 Å². The Balaban J connectivity index is 0.00000256. The van der Waals surface area contributed by atoms with Crippen LogP contribution in [0.4, 0.5) is 0 Å². The lowest BCUT2D eigenvalue weighted by Crippen LogP contribution is -2.31. The van der Waals surface area contributed by atoms with E-state index in [1.807, 2.05) is 32.0 Å². The Hall–Kier alpha value is -0.330. The highest BCUT2D eigenvalue weighted by atomic mass is 127. The minimum absolute atomic E-state index is 0. The van der Waals surface area contributed by atoms with E-state index < -0.39 is 0 Å². The summed E-state index contributed by atoms with van der Waals surface area (Å²) in [6, 6.07) is 5.75. The van der Waals surface area contributed by atoms with Gasteiger partial charge in [0.25, 0.3) is 5.91 Å². The molecule has 0 saturated heterocycles. The molecule has 1 amide bonds. The maximum absolute atomic E-state index is 11.9. The van der Waals surface area contributed by atoms with Gasteiger partial charge in [0.1, 0.15) is 0 Å². The molecule has 3 N–H and O–H groups in total. The summed E-state index contributed by atoms with van der Waals surface area (Å²) < 4.78 is 1.01. The summed E-state index contributed by atoms with van der Waals surface area (Å²) in [6.07, 6.45) is 0. The second-order valence-electron chi connectivity index (χ2n) is 3.99. The molecule has 0 aromatic heterocycles. The molecule has 0 aliphatic rings. The van der Waals surface area contributed by atoms with E-state index in [-0.39, 0.29) is 18.3 Å². The maximum atomic E-state index is 11.9. The zero-order valence-corrected chi connectivity index (χ0v) is 13.0. The first kappa shape index (κ1) is 16.7. The Bertz CT molecular complexity index is 385. The van der Waals surface area contributed by atoms with Crippen LogP contribution in [-0.2, 0) is 0 Å². The summed E-state index contributed by atoms with van der Waals surface area (Å²) in [7, 11) is 0. The smallest absolute Gasteiger partial charge is 0.252 e. The number of nitrogens with two attached hydrogens (primary N) is 1. The van der Waals surface area contributed by atoms with Crippen LogP contribution in [-0.4, -0.2) is 19.0 Å². The molecule has 0 spiro atoms. The van der Waals surface area contributed by atoms with Crippen molar-refractivity contribution in [1.29, 1.82) is 0 Å². The van der Waals surface area contributed by atoms with Crippen molar-refractivity contribution in [2.45, 2.75) is 13.8 Å². The molecule has 0 aliphatic carbocycles. The van der Waals surface area contributed by atoms with E-state index in [1.54, 1.807) is 0 Å². The lowest BCUT2D eigenvalue weighted by Gasteiger charge is -2.11. The van der Waals surface area contributed by atoms with Crippen LogP contribution in [0.15, 0.2) is 18.2 Å². The maximum Gasteiger partial charge on any atom is 0.252 e. The van der Waals surface area contributed by atoms with E-state index in [1.165, 1.54) is 0 Å². The number of nitrogens with one attached hydrogen (secondary N) is 1. The third kappa shape index (κ3) is 4.81. The third-order valence-corrected chi connectivity index (χ3v) is 3.88. The summed E-state index contributed by atoms with van der Waals surface area (Å²) in [5.41, 5.74) is 7.36. The number of carbonyl (C=O) groups excluding carboxylic acids is 1. The van der Waals surface area contributed by atoms with Gasteiger partial charge in [0.15, 0.2) is 0 Å². The number of amides is 1. The summed E-state index contributed by atoms with van der Waals surface area (Å²) in [5.74, 6) is 0.292. The minimum atomic E-state index is -0.0200. The van der Waals surface area contributed by atoms with E-state index in [2.05, 4.69) is 27.9 Å². The van der Waals surface area contributed by atoms with E-state index >= 15 is 0 Å². The van der Waals surface area contributed by atoms with Crippen LogP contribution in [0.25, 0.3) is 0 Å². The molecule has 1 rings (SSSR count). The van der Waals surface area contributed by atoms with Crippen LogP contribution < -0.4 is 11.1 Å². The average molecular weight is 369 g/mol. The van der Waals surface area contributed by atoms with Crippen LogP contribution in [0, 0.1) is 16.4 Å². The highest BCUT2D eigenvalue weighted by molar-refractivity contribution is 14.1. The predicted molar refractivity (Wildman–Crippen MR) is 81.7 cm³/mol. The first-order valence-electron chi connectivity index (χ1n) is 5.29. The summed E-state index contributed by atoms with van der Waals surface area (Å²) in [4.78, 5) is 11.9. The van der Waals surface area contributed by atoms with Crippen LogP contribution in [0.1, 0.15) is 22.8 Å². The quantitative estimate of drug-likeness (QED) is 0.802. The Morgan fingerprint density at radius 1 is 1.53 bits per heavy atom. The Morgan fingerprint density at radius 2 is 2.18 bits per heavy atom. The van der Waals surface area contributed by atoms with E-state index in [9.17, 15) is 4.79 Å². The number of carbonyl (C=O) groups is 1. The Labute approximate surface area is 122 Å². The number of hydrogen-bond donors (Lipinski definition) is 2. The van der Waals surface area contributed by atoms with Crippen molar-refractivity contribution in [3.05, 3.63) is 32.9 Å². The average Bonchev–Trinajstić information content (AvgIpc) is 2.29. The zero-order chi connectivity index (χ0) is 12.1. The monoisotopic (exact) mass is 368 g/mol. The van der Waals surface area contributed by atoms with Crippen molar-refractivity contribution in [3.63, 3.8) is 0 Å². The molecule has 0 bridgehead atoms. The fourth-order valence-electron chi connectivity index (χ4n) is 1.27. The largest absolute Gasteiger partial charge is 0.352 e. The van der Waals surface area contributed by atoms with Crippen molar-refractivity contribution >= 4 is 40.9 Å². The van der Waals surface area contributed by atoms with E-state index in [0.29, 0.717) is 19.0 Å². The van der Waals surface area contributed by atoms with Gasteiger partial charge in [-0.15, -0.1) is 12.4 Å². The molecule has 0 radical (unpaired) electrons. The normalized spacial score (nSPS) is 11.5. The van der Waals surface area contributed by atoms with Crippen LogP contribution in [0.2, 0.25) is 0 Å². The third-order valence-electron chi connectivity index (χ3n) is 2.45. The number of rotatable bonds is 4. The molecule has 1 atom stereocenters. The summed E-state index contributed by atoms with van der Waals surface area (Å²) in [6.45, 7) is 5.23.